The third-order valence-electron chi connectivity index (χ3n) is 3.16. The Balaban J connectivity index is 2.25. The van der Waals surface area contributed by atoms with E-state index >= 15 is 0 Å². The normalized spacial score (nSPS) is 12.1. The van der Waals surface area contributed by atoms with Gasteiger partial charge in [-0.2, -0.15) is 0 Å². The number of rotatable bonds is 4. The zero-order valence-corrected chi connectivity index (χ0v) is 13.2. The SMILES string of the molecule is COc1cc(C)ccc1NC(C)c1ccc(Cl)cc1Cl. The van der Waals surface area contributed by atoms with E-state index in [4.69, 9.17) is 27.9 Å². The first-order valence-electron chi connectivity index (χ1n) is 6.37. The molecule has 1 atom stereocenters. The van der Waals surface area contributed by atoms with Crippen molar-refractivity contribution < 1.29 is 4.74 Å². The number of halogens is 2. The topological polar surface area (TPSA) is 21.3 Å². The fourth-order valence-electron chi connectivity index (χ4n) is 2.08. The largest absolute Gasteiger partial charge is 0.495 e. The van der Waals surface area contributed by atoms with Gasteiger partial charge in [0.1, 0.15) is 5.75 Å². The molecule has 1 unspecified atom stereocenters. The lowest BCUT2D eigenvalue weighted by molar-refractivity contribution is 0.416. The van der Waals surface area contributed by atoms with Gasteiger partial charge in [0.15, 0.2) is 0 Å². The summed E-state index contributed by atoms with van der Waals surface area (Å²) in [5.74, 6) is 0.821. The van der Waals surface area contributed by atoms with Gasteiger partial charge in [-0.05, 0) is 49.2 Å². The maximum atomic E-state index is 6.23. The van der Waals surface area contributed by atoms with Crippen LogP contribution in [0.5, 0.6) is 5.75 Å². The Morgan fingerprint density at radius 3 is 2.50 bits per heavy atom. The van der Waals surface area contributed by atoms with Crippen molar-refractivity contribution in [3.63, 3.8) is 0 Å². The molecule has 2 aromatic rings. The second-order valence-corrected chi connectivity index (χ2v) is 5.58. The highest BCUT2D eigenvalue weighted by Crippen LogP contribution is 2.32. The predicted octanol–water partition coefficient (Wildman–Crippen LogP) is 5.48. The van der Waals surface area contributed by atoms with Crippen molar-refractivity contribution in [2.24, 2.45) is 0 Å². The highest BCUT2D eigenvalue weighted by molar-refractivity contribution is 6.35. The van der Waals surface area contributed by atoms with Gasteiger partial charge in [0.25, 0.3) is 0 Å². The molecular formula is C16H17Cl2NO. The van der Waals surface area contributed by atoms with Gasteiger partial charge in [0.05, 0.1) is 18.8 Å². The summed E-state index contributed by atoms with van der Waals surface area (Å²) in [6, 6.07) is 11.6. The number of methoxy groups -OCH3 is 1. The first kappa shape index (κ1) is 15.0. The molecule has 0 bridgehead atoms. The van der Waals surface area contributed by atoms with Crippen molar-refractivity contribution in [3.05, 3.63) is 57.6 Å². The number of aryl methyl sites for hydroxylation is 1. The van der Waals surface area contributed by atoms with Crippen LogP contribution in [0.25, 0.3) is 0 Å². The van der Waals surface area contributed by atoms with Crippen LogP contribution in [-0.2, 0) is 0 Å². The second kappa shape index (κ2) is 6.38. The van der Waals surface area contributed by atoms with E-state index < -0.39 is 0 Å². The minimum atomic E-state index is 0.0522. The van der Waals surface area contributed by atoms with Crippen LogP contribution in [0.4, 0.5) is 5.69 Å². The molecule has 0 heterocycles. The van der Waals surface area contributed by atoms with Crippen LogP contribution in [0, 0.1) is 6.92 Å². The molecule has 0 spiro atoms. The first-order valence-corrected chi connectivity index (χ1v) is 7.13. The molecule has 0 fully saturated rings. The van der Waals surface area contributed by atoms with Gasteiger partial charge in [-0.3, -0.25) is 0 Å². The predicted molar refractivity (Wildman–Crippen MR) is 86.2 cm³/mol. The van der Waals surface area contributed by atoms with Crippen molar-refractivity contribution in [2.45, 2.75) is 19.9 Å². The molecule has 2 rings (SSSR count). The van der Waals surface area contributed by atoms with Gasteiger partial charge < -0.3 is 10.1 Å². The van der Waals surface area contributed by atoms with Gasteiger partial charge >= 0.3 is 0 Å². The van der Waals surface area contributed by atoms with E-state index in [1.807, 2.05) is 37.3 Å². The van der Waals surface area contributed by atoms with Crippen molar-refractivity contribution in [1.29, 1.82) is 0 Å². The number of benzene rings is 2. The zero-order chi connectivity index (χ0) is 14.7. The molecule has 0 aliphatic carbocycles. The molecule has 0 amide bonds. The lowest BCUT2D eigenvalue weighted by atomic mass is 10.1. The van der Waals surface area contributed by atoms with Gasteiger partial charge in [-0.1, -0.05) is 35.3 Å². The molecular weight excluding hydrogens is 293 g/mol. The van der Waals surface area contributed by atoms with Crippen LogP contribution in [0.15, 0.2) is 36.4 Å². The van der Waals surface area contributed by atoms with Crippen LogP contribution >= 0.6 is 23.2 Å². The third kappa shape index (κ3) is 3.38. The minimum absolute atomic E-state index is 0.0522. The minimum Gasteiger partial charge on any atom is -0.495 e. The molecule has 2 aromatic carbocycles. The molecule has 0 aromatic heterocycles. The van der Waals surface area contributed by atoms with Crippen molar-refractivity contribution in [1.82, 2.24) is 0 Å². The molecule has 4 heteroatoms. The smallest absolute Gasteiger partial charge is 0.142 e. The Morgan fingerprint density at radius 1 is 1.10 bits per heavy atom. The van der Waals surface area contributed by atoms with E-state index in [9.17, 15) is 0 Å². The van der Waals surface area contributed by atoms with Crippen LogP contribution in [-0.4, -0.2) is 7.11 Å². The van der Waals surface area contributed by atoms with Crippen molar-refractivity contribution >= 4 is 28.9 Å². The van der Waals surface area contributed by atoms with Crippen molar-refractivity contribution in [3.8, 4) is 5.75 Å². The quantitative estimate of drug-likeness (QED) is 0.807. The molecule has 0 radical (unpaired) electrons. The molecule has 0 aliphatic rings. The summed E-state index contributed by atoms with van der Waals surface area (Å²) in [6.45, 7) is 4.08. The van der Waals surface area contributed by atoms with Crippen LogP contribution in [0.3, 0.4) is 0 Å². The number of hydrogen-bond acceptors (Lipinski definition) is 2. The Bertz CT molecular complexity index is 613. The number of hydrogen-bond donors (Lipinski definition) is 1. The Labute approximate surface area is 129 Å². The lowest BCUT2D eigenvalue weighted by Crippen LogP contribution is -2.08. The summed E-state index contributed by atoms with van der Waals surface area (Å²) >= 11 is 12.2. The molecule has 1 N–H and O–H groups in total. The molecule has 106 valence electrons. The average Bonchev–Trinajstić information content (AvgIpc) is 2.40. The molecule has 20 heavy (non-hydrogen) atoms. The first-order chi connectivity index (χ1) is 9.51. The highest BCUT2D eigenvalue weighted by atomic mass is 35.5. The summed E-state index contributed by atoms with van der Waals surface area (Å²) in [7, 11) is 1.67. The molecule has 0 saturated carbocycles. The summed E-state index contributed by atoms with van der Waals surface area (Å²) < 4.78 is 5.40. The maximum Gasteiger partial charge on any atom is 0.142 e. The van der Waals surface area contributed by atoms with Gasteiger partial charge in [0, 0.05) is 10.0 Å². The van der Waals surface area contributed by atoms with E-state index in [-0.39, 0.29) is 6.04 Å². The van der Waals surface area contributed by atoms with Gasteiger partial charge in [-0.25, -0.2) is 0 Å². The molecule has 0 aliphatic heterocycles. The number of ether oxygens (including phenoxy) is 1. The Kier molecular flexibility index (Phi) is 4.79. The Morgan fingerprint density at radius 2 is 1.85 bits per heavy atom. The number of nitrogens with one attached hydrogen (secondary N) is 1. The van der Waals surface area contributed by atoms with Crippen LogP contribution < -0.4 is 10.1 Å². The molecule has 2 nitrogen and oxygen atoms in total. The van der Waals surface area contributed by atoms with E-state index in [0.29, 0.717) is 10.0 Å². The summed E-state index contributed by atoms with van der Waals surface area (Å²) in [5.41, 5.74) is 3.10. The van der Waals surface area contributed by atoms with E-state index in [0.717, 1.165) is 22.6 Å². The van der Waals surface area contributed by atoms with Crippen molar-refractivity contribution in [2.75, 3.05) is 12.4 Å². The second-order valence-electron chi connectivity index (χ2n) is 4.74. The summed E-state index contributed by atoms with van der Waals surface area (Å²) in [6.07, 6.45) is 0. The fourth-order valence-corrected chi connectivity index (χ4v) is 2.65. The third-order valence-corrected chi connectivity index (χ3v) is 3.72. The standard InChI is InChI=1S/C16H17Cl2NO/c1-10-4-7-15(16(8-10)20-3)19-11(2)13-6-5-12(17)9-14(13)18/h4-9,11,19H,1-3H3. The fraction of sp³-hybridized carbons (Fsp3) is 0.250. The van der Waals surface area contributed by atoms with E-state index in [2.05, 4.69) is 12.2 Å². The summed E-state index contributed by atoms with van der Waals surface area (Å²) in [5, 5.41) is 4.71. The van der Waals surface area contributed by atoms with E-state index in [1.54, 1.807) is 13.2 Å². The highest BCUT2D eigenvalue weighted by Gasteiger charge is 2.12. The zero-order valence-electron chi connectivity index (χ0n) is 11.7. The van der Waals surface area contributed by atoms with Gasteiger partial charge in [0.2, 0.25) is 0 Å². The maximum absolute atomic E-state index is 6.23. The lowest BCUT2D eigenvalue weighted by Gasteiger charge is -2.19. The van der Waals surface area contributed by atoms with Gasteiger partial charge in [-0.15, -0.1) is 0 Å². The Hall–Kier alpha value is -1.38. The molecule has 0 saturated heterocycles. The monoisotopic (exact) mass is 309 g/mol. The van der Waals surface area contributed by atoms with Crippen LogP contribution in [0.1, 0.15) is 24.1 Å². The summed E-state index contributed by atoms with van der Waals surface area (Å²) in [4.78, 5) is 0. The number of anilines is 1. The van der Waals surface area contributed by atoms with Crippen LogP contribution in [0.2, 0.25) is 10.0 Å². The average molecular weight is 310 g/mol. The van der Waals surface area contributed by atoms with E-state index in [1.165, 1.54) is 0 Å².